The summed E-state index contributed by atoms with van der Waals surface area (Å²) in [6.07, 6.45) is 0.714. The number of ether oxygens (including phenoxy) is 1. The second kappa shape index (κ2) is 8.76. The predicted octanol–water partition coefficient (Wildman–Crippen LogP) is 4.29. The summed E-state index contributed by atoms with van der Waals surface area (Å²) >= 11 is 3.56. The molecule has 1 aromatic rings. The van der Waals surface area contributed by atoms with E-state index in [1.807, 2.05) is 0 Å². The fraction of sp³-hybridized carbons (Fsp3) is 0.647. The Bertz CT molecular complexity index is 425. The maximum atomic E-state index is 9.99. The van der Waals surface area contributed by atoms with Gasteiger partial charge in [0.25, 0.3) is 0 Å². The first-order valence-corrected chi connectivity index (χ1v) is 8.39. The first-order chi connectivity index (χ1) is 9.79. The molecule has 0 saturated carbocycles. The van der Waals surface area contributed by atoms with Gasteiger partial charge < -0.3 is 15.2 Å². The Labute approximate surface area is 137 Å². The Balaban J connectivity index is 2.38. The van der Waals surface area contributed by atoms with Gasteiger partial charge in [-0.1, -0.05) is 29.8 Å². The minimum atomic E-state index is -0.496. The van der Waals surface area contributed by atoms with Gasteiger partial charge in [-0.2, -0.15) is 0 Å². The third-order valence-corrected chi connectivity index (χ3v) is 4.61. The molecule has 0 aliphatic heterocycles. The fourth-order valence-electron chi connectivity index (χ4n) is 2.35. The van der Waals surface area contributed by atoms with Crippen LogP contribution < -0.4 is 5.32 Å². The Morgan fingerprint density at radius 3 is 2.29 bits per heavy atom. The molecular weight excluding hydrogens is 330 g/mol. The predicted molar refractivity (Wildman–Crippen MR) is 93.0 cm³/mol. The summed E-state index contributed by atoms with van der Waals surface area (Å²) in [6, 6.07) is 4.15. The number of hydrogen-bond donors (Lipinski definition) is 2. The van der Waals surface area contributed by atoms with E-state index in [4.69, 9.17) is 4.74 Å². The molecule has 21 heavy (non-hydrogen) atoms. The van der Waals surface area contributed by atoms with Crippen molar-refractivity contribution in [1.82, 2.24) is 0 Å². The van der Waals surface area contributed by atoms with Crippen molar-refractivity contribution in [3.63, 3.8) is 0 Å². The summed E-state index contributed by atoms with van der Waals surface area (Å²) in [6.45, 7) is 11.4. The zero-order valence-corrected chi connectivity index (χ0v) is 15.3. The molecule has 0 spiro atoms. The molecule has 4 heteroatoms. The quantitative estimate of drug-likeness (QED) is 0.728. The van der Waals surface area contributed by atoms with Crippen LogP contribution in [0, 0.1) is 19.8 Å². The highest BCUT2D eigenvalue weighted by Crippen LogP contribution is 2.24. The van der Waals surface area contributed by atoms with Crippen molar-refractivity contribution in [3.05, 3.63) is 27.7 Å². The van der Waals surface area contributed by atoms with E-state index >= 15 is 0 Å². The zero-order chi connectivity index (χ0) is 16.0. The molecule has 1 aromatic carbocycles. The Morgan fingerprint density at radius 1 is 1.19 bits per heavy atom. The number of hydrogen-bond acceptors (Lipinski definition) is 3. The summed E-state index contributed by atoms with van der Waals surface area (Å²) in [5.74, 6) is 0.615. The lowest BCUT2D eigenvalue weighted by atomic mass is 10.1. The van der Waals surface area contributed by atoms with Gasteiger partial charge in [0, 0.05) is 16.7 Å². The molecule has 0 fully saturated rings. The van der Waals surface area contributed by atoms with Gasteiger partial charge in [0.15, 0.2) is 0 Å². The number of aliphatic hydroxyl groups excluding tert-OH is 1. The molecule has 2 unspecified atom stereocenters. The number of benzene rings is 1. The van der Waals surface area contributed by atoms with Crippen molar-refractivity contribution in [3.8, 4) is 0 Å². The second-order valence-corrected chi connectivity index (χ2v) is 7.03. The van der Waals surface area contributed by atoms with Gasteiger partial charge >= 0.3 is 0 Å². The minimum absolute atomic E-state index is 0.191. The van der Waals surface area contributed by atoms with Gasteiger partial charge in [-0.05, 0) is 56.4 Å². The van der Waals surface area contributed by atoms with Crippen molar-refractivity contribution in [2.24, 2.45) is 5.92 Å². The SMILES string of the molecule is Cc1cc(NCC(O)COC(C)CC(C)C)cc(C)c1Br. The van der Waals surface area contributed by atoms with Crippen LogP contribution >= 0.6 is 15.9 Å². The summed E-state index contributed by atoms with van der Waals surface area (Å²) in [5, 5.41) is 13.3. The maximum absolute atomic E-state index is 9.99. The molecule has 0 radical (unpaired) electrons. The van der Waals surface area contributed by atoms with E-state index in [9.17, 15) is 5.11 Å². The smallest absolute Gasteiger partial charge is 0.0945 e. The number of halogens is 1. The van der Waals surface area contributed by atoms with Crippen LogP contribution in [-0.2, 0) is 4.74 Å². The first-order valence-electron chi connectivity index (χ1n) is 7.59. The summed E-state index contributed by atoms with van der Waals surface area (Å²) in [7, 11) is 0. The molecule has 2 atom stereocenters. The van der Waals surface area contributed by atoms with Crippen molar-refractivity contribution >= 4 is 21.6 Å². The summed E-state index contributed by atoms with van der Waals surface area (Å²) < 4.78 is 6.81. The number of rotatable bonds is 8. The van der Waals surface area contributed by atoms with Crippen LogP contribution in [-0.4, -0.2) is 30.5 Å². The number of aliphatic hydroxyl groups is 1. The first kappa shape index (κ1) is 18.5. The van der Waals surface area contributed by atoms with E-state index < -0.39 is 6.10 Å². The average molecular weight is 358 g/mol. The third-order valence-electron chi connectivity index (χ3n) is 3.35. The lowest BCUT2D eigenvalue weighted by Gasteiger charge is -2.19. The van der Waals surface area contributed by atoms with E-state index in [1.165, 1.54) is 11.1 Å². The third kappa shape index (κ3) is 6.81. The molecule has 120 valence electrons. The molecular formula is C17H28BrNO2. The van der Waals surface area contributed by atoms with Crippen molar-refractivity contribution in [2.75, 3.05) is 18.5 Å². The average Bonchev–Trinajstić information content (AvgIpc) is 2.39. The number of anilines is 1. The largest absolute Gasteiger partial charge is 0.389 e. The van der Waals surface area contributed by atoms with Crippen LogP contribution in [0.5, 0.6) is 0 Å². The van der Waals surface area contributed by atoms with Crippen LogP contribution in [0.15, 0.2) is 16.6 Å². The van der Waals surface area contributed by atoms with Crippen LogP contribution in [0.2, 0.25) is 0 Å². The molecule has 0 bridgehead atoms. The number of nitrogens with one attached hydrogen (secondary N) is 1. The molecule has 1 rings (SSSR count). The Morgan fingerprint density at radius 2 is 1.76 bits per heavy atom. The molecule has 0 aliphatic rings. The van der Waals surface area contributed by atoms with E-state index in [0.717, 1.165) is 16.6 Å². The lowest BCUT2D eigenvalue weighted by molar-refractivity contribution is -0.00443. The monoisotopic (exact) mass is 357 g/mol. The minimum Gasteiger partial charge on any atom is -0.389 e. The Hall–Kier alpha value is -0.580. The highest BCUT2D eigenvalue weighted by atomic mass is 79.9. The molecule has 2 N–H and O–H groups in total. The second-order valence-electron chi connectivity index (χ2n) is 6.23. The Kier molecular flexibility index (Phi) is 7.71. The van der Waals surface area contributed by atoms with E-state index in [1.54, 1.807) is 0 Å². The lowest BCUT2D eigenvalue weighted by Crippen LogP contribution is -2.27. The molecule has 0 aromatic heterocycles. The molecule has 0 saturated heterocycles. The van der Waals surface area contributed by atoms with Gasteiger partial charge in [-0.15, -0.1) is 0 Å². The fourth-order valence-corrected chi connectivity index (χ4v) is 2.58. The number of aryl methyl sites for hydroxylation is 2. The zero-order valence-electron chi connectivity index (χ0n) is 13.7. The van der Waals surface area contributed by atoms with Crippen molar-refractivity contribution in [1.29, 1.82) is 0 Å². The van der Waals surface area contributed by atoms with E-state index in [0.29, 0.717) is 19.1 Å². The van der Waals surface area contributed by atoms with Gasteiger partial charge in [0.1, 0.15) is 0 Å². The van der Waals surface area contributed by atoms with Crippen LogP contribution in [0.3, 0.4) is 0 Å². The van der Waals surface area contributed by atoms with E-state index in [2.05, 4.69) is 68.0 Å². The van der Waals surface area contributed by atoms with Crippen LogP contribution in [0.25, 0.3) is 0 Å². The maximum Gasteiger partial charge on any atom is 0.0945 e. The van der Waals surface area contributed by atoms with Gasteiger partial charge in [-0.3, -0.25) is 0 Å². The van der Waals surface area contributed by atoms with Gasteiger partial charge in [0.2, 0.25) is 0 Å². The summed E-state index contributed by atoms with van der Waals surface area (Å²) in [4.78, 5) is 0. The van der Waals surface area contributed by atoms with E-state index in [-0.39, 0.29) is 6.10 Å². The normalized spacial score (nSPS) is 14.3. The topological polar surface area (TPSA) is 41.5 Å². The van der Waals surface area contributed by atoms with Crippen LogP contribution in [0.1, 0.15) is 38.3 Å². The van der Waals surface area contributed by atoms with Crippen LogP contribution in [0.4, 0.5) is 5.69 Å². The highest BCUT2D eigenvalue weighted by Gasteiger charge is 2.10. The van der Waals surface area contributed by atoms with Crippen molar-refractivity contribution in [2.45, 2.75) is 53.2 Å². The van der Waals surface area contributed by atoms with Gasteiger partial charge in [0.05, 0.1) is 18.8 Å². The molecule has 0 amide bonds. The van der Waals surface area contributed by atoms with Crippen molar-refractivity contribution < 1.29 is 9.84 Å². The standard InChI is InChI=1S/C17H28BrNO2/c1-11(2)6-14(5)21-10-16(20)9-19-15-7-12(3)17(18)13(4)8-15/h7-8,11,14,16,19-20H,6,9-10H2,1-5H3. The molecule has 3 nitrogen and oxygen atoms in total. The van der Waals surface area contributed by atoms with Gasteiger partial charge in [-0.25, -0.2) is 0 Å². The summed E-state index contributed by atoms with van der Waals surface area (Å²) in [5.41, 5.74) is 3.41. The molecule has 0 heterocycles. The highest BCUT2D eigenvalue weighted by molar-refractivity contribution is 9.10. The molecule has 0 aliphatic carbocycles.